The zero-order chi connectivity index (χ0) is 25.7. The summed E-state index contributed by atoms with van der Waals surface area (Å²) < 4.78 is 75.7. The Morgan fingerprint density at radius 3 is 2.14 bits per heavy atom. The van der Waals surface area contributed by atoms with Crippen molar-refractivity contribution in [2.24, 2.45) is 11.8 Å². The predicted octanol–water partition coefficient (Wildman–Crippen LogP) is 7.93. The maximum Gasteiger partial charge on any atom is 0.201 e. The summed E-state index contributed by atoms with van der Waals surface area (Å²) >= 11 is 0. The quantitative estimate of drug-likeness (QED) is 0.269. The van der Waals surface area contributed by atoms with Crippen LogP contribution < -0.4 is 4.74 Å². The molecule has 2 aliphatic rings. The van der Waals surface area contributed by atoms with Gasteiger partial charge in [-0.05, 0) is 87.8 Å². The van der Waals surface area contributed by atoms with Gasteiger partial charge in [0, 0.05) is 11.1 Å². The number of hydrogen-bond donors (Lipinski definition) is 0. The lowest BCUT2D eigenvalue weighted by Crippen LogP contribution is -2.33. The number of allylic oxidation sites excluding steroid dienone is 1. The summed E-state index contributed by atoms with van der Waals surface area (Å²) in [6.07, 6.45) is 9.01. The zero-order valence-electron chi connectivity index (χ0n) is 20.9. The van der Waals surface area contributed by atoms with Gasteiger partial charge in [0.1, 0.15) is 0 Å². The van der Waals surface area contributed by atoms with Gasteiger partial charge in [0.2, 0.25) is 5.82 Å². The van der Waals surface area contributed by atoms with Gasteiger partial charge in [-0.2, -0.15) is 4.39 Å². The van der Waals surface area contributed by atoms with Gasteiger partial charge in [0.15, 0.2) is 29.5 Å². The first-order chi connectivity index (χ1) is 17.4. The molecule has 1 unspecified atom stereocenters. The van der Waals surface area contributed by atoms with Crippen molar-refractivity contribution in [2.75, 3.05) is 19.8 Å². The van der Waals surface area contributed by atoms with Crippen LogP contribution in [0.25, 0.3) is 11.1 Å². The summed E-state index contributed by atoms with van der Waals surface area (Å²) in [5.74, 6) is -4.01. The van der Waals surface area contributed by atoms with E-state index in [1.165, 1.54) is 24.3 Å². The Morgan fingerprint density at radius 2 is 1.50 bits per heavy atom. The first kappa shape index (κ1) is 26.7. The van der Waals surface area contributed by atoms with Crippen molar-refractivity contribution in [3.8, 4) is 16.9 Å². The van der Waals surface area contributed by atoms with E-state index in [4.69, 9.17) is 14.2 Å². The van der Waals surface area contributed by atoms with Crippen LogP contribution in [0, 0.1) is 35.1 Å². The van der Waals surface area contributed by atoms with E-state index in [1.54, 1.807) is 6.92 Å². The molecule has 0 N–H and O–H groups in total. The molecule has 2 aromatic carbocycles. The molecule has 2 atom stereocenters. The Bertz CT molecular complexity index is 1050. The zero-order valence-corrected chi connectivity index (χ0v) is 20.9. The highest BCUT2D eigenvalue weighted by molar-refractivity contribution is 5.66. The molecule has 1 aliphatic heterocycles. The summed E-state index contributed by atoms with van der Waals surface area (Å²) in [4.78, 5) is 0. The van der Waals surface area contributed by atoms with E-state index in [0.717, 1.165) is 38.5 Å². The molecular weight excluding hydrogens is 472 g/mol. The number of ether oxygens (including phenoxy) is 3. The summed E-state index contributed by atoms with van der Waals surface area (Å²) in [5, 5.41) is 0. The fourth-order valence-electron chi connectivity index (χ4n) is 5.51. The van der Waals surface area contributed by atoms with Gasteiger partial charge < -0.3 is 14.2 Å². The standard InChI is InChI=1S/C29H34F4O3/c1-3-5-16-35-25-15-10-20(17-36-25)18-6-8-19(9-7-18)21-11-12-22(27(31)26(21)30)23-13-14-24(34-4-2)29(33)28(23)32/h3,5,11-14,18-20,25H,4,6-10,15-17H2,1-2H3/t18?,19?,20-,25?/m1/s1. The lowest BCUT2D eigenvalue weighted by Gasteiger charge is -2.37. The van der Waals surface area contributed by atoms with E-state index in [2.05, 4.69) is 0 Å². The molecule has 0 spiro atoms. The first-order valence-corrected chi connectivity index (χ1v) is 12.9. The third kappa shape index (κ3) is 5.78. The van der Waals surface area contributed by atoms with E-state index in [9.17, 15) is 8.78 Å². The summed E-state index contributed by atoms with van der Waals surface area (Å²) in [6, 6.07) is 5.31. The van der Waals surface area contributed by atoms with E-state index in [1.807, 2.05) is 19.1 Å². The van der Waals surface area contributed by atoms with Crippen LogP contribution in [-0.4, -0.2) is 26.1 Å². The van der Waals surface area contributed by atoms with E-state index < -0.39 is 23.3 Å². The van der Waals surface area contributed by atoms with Crippen molar-refractivity contribution < 1.29 is 31.8 Å². The van der Waals surface area contributed by atoms with Gasteiger partial charge in [-0.1, -0.05) is 24.3 Å². The third-order valence-corrected chi connectivity index (χ3v) is 7.51. The molecule has 2 fully saturated rings. The molecule has 196 valence electrons. The van der Waals surface area contributed by atoms with Crippen LogP contribution in [0.2, 0.25) is 0 Å². The van der Waals surface area contributed by atoms with Crippen molar-refractivity contribution in [3.63, 3.8) is 0 Å². The summed E-state index contributed by atoms with van der Waals surface area (Å²) in [7, 11) is 0. The van der Waals surface area contributed by atoms with Gasteiger partial charge in [0.25, 0.3) is 0 Å². The van der Waals surface area contributed by atoms with Crippen LogP contribution in [0.5, 0.6) is 5.75 Å². The van der Waals surface area contributed by atoms with E-state index in [-0.39, 0.29) is 35.7 Å². The van der Waals surface area contributed by atoms with Crippen molar-refractivity contribution in [1.29, 1.82) is 0 Å². The number of rotatable bonds is 8. The SMILES string of the molecule is CC=CCOC1CC[C@@H](C2CCC(c3ccc(-c4ccc(OCC)c(F)c4F)c(F)c3F)CC2)CO1. The summed E-state index contributed by atoms with van der Waals surface area (Å²) in [5.41, 5.74) is -0.318. The largest absolute Gasteiger partial charge is 0.491 e. The minimum atomic E-state index is -1.25. The molecule has 2 aromatic rings. The molecule has 0 aromatic heterocycles. The maximum absolute atomic E-state index is 15.1. The van der Waals surface area contributed by atoms with Crippen LogP contribution in [0.4, 0.5) is 17.6 Å². The van der Waals surface area contributed by atoms with Gasteiger partial charge in [0.05, 0.1) is 19.8 Å². The second-order valence-electron chi connectivity index (χ2n) is 9.62. The smallest absolute Gasteiger partial charge is 0.201 e. The van der Waals surface area contributed by atoms with Gasteiger partial charge >= 0.3 is 0 Å². The average molecular weight is 507 g/mol. The van der Waals surface area contributed by atoms with Crippen LogP contribution in [0.3, 0.4) is 0 Å². The van der Waals surface area contributed by atoms with E-state index >= 15 is 8.78 Å². The van der Waals surface area contributed by atoms with Crippen LogP contribution in [0.1, 0.15) is 63.9 Å². The van der Waals surface area contributed by atoms with Gasteiger partial charge in [-0.3, -0.25) is 0 Å². The van der Waals surface area contributed by atoms with Crippen LogP contribution >= 0.6 is 0 Å². The maximum atomic E-state index is 15.1. The van der Waals surface area contributed by atoms with Crippen molar-refractivity contribution in [2.45, 2.75) is 64.6 Å². The highest BCUT2D eigenvalue weighted by Gasteiger charge is 2.33. The first-order valence-electron chi connectivity index (χ1n) is 12.9. The van der Waals surface area contributed by atoms with E-state index in [0.29, 0.717) is 30.6 Å². The average Bonchev–Trinajstić information content (AvgIpc) is 2.90. The van der Waals surface area contributed by atoms with Gasteiger partial charge in [-0.25, -0.2) is 13.2 Å². The molecule has 1 heterocycles. The Morgan fingerprint density at radius 1 is 0.833 bits per heavy atom. The number of benzene rings is 2. The number of halogens is 4. The Hall–Kier alpha value is -2.38. The van der Waals surface area contributed by atoms with Gasteiger partial charge in [-0.15, -0.1) is 0 Å². The minimum Gasteiger partial charge on any atom is -0.491 e. The van der Waals surface area contributed by atoms with Crippen molar-refractivity contribution in [3.05, 3.63) is 65.2 Å². The molecule has 0 bridgehead atoms. The Balaban J connectivity index is 1.39. The Labute approximate surface area is 210 Å². The highest BCUT2D eigenvalue weighted by Crippen LogP contribution is 2.43. The monoisotopic (exact) mass is 506 g/mol. The second kappa shape index (κ2) is 12.2. The minimum absolute atomic E-state index is 0.104. The Kier molecular flexibility index (Phi) is 9.07. The molecule has 1 aliphatic carbocycles. The summed E-state index contributed by atoms with van der Waals surface area (Å²) in [6.45, 7) is 4.98. The lowest BCUT2D eigenvalue weighted by molar-refractivity contribution is -0.175. The lowest BCUT2D eigenvalue weighted by atomic mass is 9.72. The van der Waals surface area contributed by atoms with Crippen molar-refractivity contribution in [1.82, 2.24) is 0 Å². The van der Waals surface area contributed by atoms with Crippen LogP contribution in [0.15, 0.2) is 36.4 Å². The molecule has 3 nitrogen and oxygen atoms in total. The third-order valence-electron chi connectivity index (χ3n) is 7.51. The fraction of sp³-hybridized carbons (Fsp3) is 0.517. The molecule has 1 saturated carbocycles. The molecule has 4 rings (SSSR count). The molecule has 36 heavy (non-hydrogen) atoms. The molecular formula is C29H34F4O3. The highest BCUT2D eigenvalue weighted by atomic mass is 19.2. The molecule has 0 amide bonds. The number of hydrogen-bond acceptors (Lipinski definition) is 3. The predicted molar refractivity (Wildman–Crippen MR) is 131 cm³/mol. The fourth-order valence-corrected chi connectivity index (χ4v) is 5.51. The molecule has 1 saturated heterocycles. The molecule has 0 radical (unpaired) electrons. The second-order valence-corrected chi connectivity index (χ2v) is 9.62. The normalized spacial score (nSPS) is 24.8. The molecule has 7 heteroatoms. The van der Waals surface area contributed by atoms with Crippen LogP contribution in [-0.2, 0) is 9.47 Å². The topological polar surface area (TPSA) is 27.7 Å². The van der Waals surface area contributed by atoms with Crippen molar-refractivity contribution >= 4 is 0 Å².